The Balaban J connectivity index is 1.90. The summed E-state index contributed by atoms with van der Waals surface area (Å²) in [6, 6.07) is 17.7. The van der Waals surface area contributed by atoms with Crippen molar-refractivity contribution >= 4 is 28.8 Å². The molecule has 3 aromatic rings. The number of carbonyl (C=O) groups excluding carboxylic acids is 2. The van der Waals surface area contributed by atoms with Gasteiger partial charge in [0.25, 0.3) is 11.8 Å². The Morgan fingerprint density at radius 1 is 0.774 bits per heavy atom. The number of halogens is 2. The second-order valence-corrected chi connectivity index (χ2v) is 7.46. The van der Waals surface area contributed by atoms with Crippen molar-refractivity contribution in [3.8, 4) is 0 Å². The molecule has 0 spiro atoms. The number of nitrogens with zero attached hydrogens (tertiary/aromatic N) is 2. The molecule has 0 N–H and O–H groups in total. The van der Waals surface area contributed by atoms with E-state index < -0.39 is 23.4 Å². The number of aryl methyl sites for hydroxylation is 2. The van der Waals surface area contributed by atoms with Gasteiger partial charge in [0.05, 0.1) is 11.3 Å². The highest BCUT2D eigenvalue weighted by atomic mass is 19.2. The van der Waals surface area contributed by atoms with Crippen LogP contribution in [0.4, 0.5) is 20.2 Å². The number of hydrogen-bond acceptors (Lipinski definition) is 3. The minimum absolute atomic E-state index is 0.0216. The zero-order valence-electron chi connectivity index (χ0n) is 17.3. The van der Waals surface area contributed by atoms with Crippen molar-refractivity contribution in [2.45, 2.75) is 13.8 Å². The van der Waals surface area contributed by atoms with E-state index in [1.54, 1.807) is 18.0 Å². The quantitative estimate of drug-likeness (QED) is 0.560. The summed E-state index contributed by atoms with van der Waals surface area (Å²) in [6.07, 6.45) is 0. The van der Waals surface area contributed by atoms with E-state index in [0.29, 0.717) is 11.3 Å². The second kappa shape index (κ2) is 7.80. The molecule has 1 aliphatic heterocycles. The molecule has 2 amide bonds. The lowest BCUT2D eigenvalue weighted by Crippen LogP contribution is -2.34. The summed E-state index contributed by atoms with van der Waals surface area (Å²) in [6.45, 7) is 3.88. The van der Waals surface area contributed by atoms with Crippen molar-refractivity contribution in [2.24, 2.45) is 0 Å². The first-order valence-corrected chi connectivity index (χ1v) is 9.74. The SMILES string of the molecule is Cc1ccc(C2=C(N(C)c3ccccc3)C(=O)N(c3ccc(F)c(F)c3)C2=O)cc1C. The summed E-state index contributed by atoms with van der Waals surface area (Å²) < 4.78 is 27.3. The van der Waals surface area contributed by atoms with Crippen LogP contribution in [0.25, 0.3) is 5.57 Å². The van der Waals surface area contributed by atoms with Gasteiger partial charge in [-0.1, -0.05) is 36.4 Å². The van der Waals surface area contributed by atoms with E-state index in [0.717, 1.165) is 28.2 Å². The summed E-state index contributed by atoms with van der Waals surface area (Å²) in [7, 11) is 1.70. The predicted octanol–water partition coefficient (Wildman–Crippen LogP) is 5.00. The average Bonchev–Trinajstić information content (AvgIpc) is 3.02. The molecule has 0 atom stereocenters. The number of likely N-dealkylation sites (N-methyl/N-ethyl adjacent to an activating group) is 1. The molecule has 156 valence electrons. The number of carbonyl (C=O) groups is 2. The molecule has 0 aromatic heterocycles. The lowest BCUT2D eigenvalue weighted by Gasteiger charge is -2.21. The van der Waals surface area contributed by atoms with Crippen molar-refractivity contribution in [2.75, 3.05) is 16.8 Å². The fourth-order valence-electron chi connectivity index (χ4n) is 3.63. The molecule has 0 fully saturated rings. The van der Waals surface area contributed by atoms with E-state index in [9.17, 15) is 18.4 Å². The highest BCUT2D eigenvalue weighted by molar-refractivity contribution is 6.46. The topological polar surface area (TPSA) is 40.6 Å². The molecule has 31 heavy (non-hydrogen) atoms. The van der Waals surface area contributed by atoms with E-state index in [2.05, 4.69) is 0 Å². The zero-order valence-corrected chi connectivity index (χ0v) is 17.3. The van der Waals surface area contributed by atoms with Gasteiger partial charge in [-0.05, 0) is 54.8 Å². The maximum Gasteiger partial charge on any atom is 0.282 e. The molecule has 0 saturated heterocycles. The highest BCUT2D eigenvalue weighted by Gasteiger charge is 2.42. The largest absolute Gasteiger partial charge is 0.339 e. The van der Waals surface area contributed by atoms with Gasteiger partial charge in [-0.2, -0.15) is 0 Å². The van der Waals surface area contributed by atoms with Gasteiger partial charge in [-0.15, -0.1) is 0 Å². The molecule has 3 aromatic carbocycles. The van der Waals surface area contributed by atoms with Crippen LogP contribution in [-0.4, -0.2) is 18.9 Å². The van der Waals surface area contributed by atoms with Crippen molar-refractivity contribution in [1.82, 2.24) is 0 Å². The molecule has 1 heterocycles. The number of rotatable bonds is 4. The molecule has 0 aliphatic carbocycles. The van der Waals surface area contributed by atoms with Crippen molar-refractivity contribution in [3.63, 3.8) is 0 Å². The maximum absolute atomic E-state index is 13.9. The Kier molecular flexibility index (Phi) is 5.15. The average molecular weight is 418 g/mol. The van der Waals surface area contributed by atoms with Gasteiger partial charge in [0.1, 0.15) is 5.70 Å². The molecule has 6 heteroatoms. The predicted molar refractivity (Wildman–Crippen MR) is 117 cm³/mol. The fourth-order valence-corrected chi connectivity index (χ4v) is 3.63. The molecule has 0 saturated carbocycles. The van der Waals surface area contributed by atoms with Crippen LogP contribution in [0.2, 0.25) is 0 Å². The lowest BCUT2D eigenvalue weighted by atomic mass is 9.99. The first-order chi connectivity index (χ1) is 14.8. The van der Waals surface area contributed by atoms with Gasteiger partial charge in [0.2, 0.25) is 0 Å². The van der Waals surface area contributed by atoms with Gasteiger partial charge in [-0.25, -0.2) is 13.7 Å². The third-order valence-electron chi connectivity index (χ3n) is 5.50. The van der Waals surface area contributed by atoms with Crippen LogP contribution in [0.1, 0.15) is 16.7 Å². The monoisotopic (exact) mass is 418 g/mol. The Hall–Kier alpha value is -3.80. The van der Waals surface area contributed by atoms with E-state index in [1.807, 2.05) is 56.3 Å². The van der Waals surface area contributed by atoms with Crippen LogP contribution < -0.4 is 9.80 Å². The van der Waals surface area contributed by atoms with E-state index in [-0.39, 0.29) is 17.0 Å². The van der Waals surface area contributed by atoms with Gasteiger partial charge in [0.15, 0.2) is 11.6 Å². The molecule has 1 aliphatic rings. The van der Waals surface area contributed by atoms with Gasteiger partial charge in [-0.3, -0.25) is 9.59 Å². The van der Waals surface area contributed by atoms with E-state index in [1.165, 1.54) is 6.07 Å². The number of anilines is 2. The Labute approximate surface area is 179 Å². The van der Waals surface area contributed by atoms with Gasteiger partial charge >= 0.3 is 0 Å². The third-order valence-corrected chi connectivity index (χ3v) is 5.50. The van der Waals surface area contributed by atoms with Gasteiger partial charge < -0.3 is 4.90 Å². The van der Waals surface area contributed by atoms with Crippen molar-refractivity contribution in [3.05, 3.63) is 101 Å². The first kappa shape index (κ1) is 20.5. The maximum atomic E-state index is 13.9. The number of hydrogen-bond donors (Lipinski definition) is 0. The molecule has 0 bridgehead atoms. The summed E-state index contributed by atoms with van der Waals surface area (Å²) >= 11 is 0. The van der Waals surface area contributed by atoms with Gasteiger partial charge in [0, 0.05) is 18.8 Å². The number of benzene rings is 3. The minimum Gasteiger partial charge on any atom is -0.339 e. The fraction of sp³-hybridized carbons (Fsp3) is 0.120. The van der Waals surface area contributed by atoms with Crippen molar-refractivity contribution < 1.29 is 18.4 Å². The number of amides is 2. The molecule has 4 rings (SSSR count). The van der Waals surface area contributed by atoms with E-state index in [4.69, 9.17) is 0 Å². The lowest BCUT2D eigenvalue weighted by molar-refractivity contribution is -0.120. The number of para-hydroxylation sites is 1. The summed E-state index contributed by atoms with van der Waals surface area (Å²) in [5.74, 6) is -3.37. The summed E-state index contributed by atoms with van der Waals surface area (Å²) in [5.41, 5.74) is 3.69. The van der Waals surface area contributed by atoms with Crippen LogP contribution >= 0.6 is 0 Å². The van der Waals surface area contributed by atoms with Crippen LogP contribution in [0.3, 0.4) is 0 Å². The molecular weight excluding hydrogens is 398 g/mol. The van der Waals surface area contributed by atoms with Crippen LogP contribution in [0.15, 0.2) is 72.4 Å². The first-order valence-electron chi connectivity index (χ1n) is 9.74. The van der Waals surface area contributed by atoms with Crippen LogP contribution in [0.5, 0.6) is 0 Å². The molecule has 4 nitrogen and oxygen atoms in total. The third kappa shape index (κ3) is 3.50. The Morgan fingerprint density at radius 2 is 1.48 bits per heavy atom. The molecule has 0 radical (unpaired) electrons. The highest BCUT2D eigenvalue weighted by Crippen LogP contribution is 2.36. The van der Waals surface area contributed by atoms with Crippen LogP contribution in [0, 0.1) is 25.5 Å². The standard InChI is InChI=1S/C25H20F2N2O2/c1-15-9-10-17(13-16(15)2)22-23(28(3)18-7-5-4-6-8-18)25(31)29(24(22)30)19-11-12-20(26)21(27)14-19/h4-14H,1-3H3. The summed E-state index contributed by atoms with van der Waals surface area (Å²) in [5, 5.41) is 0. The van der Waals surface area contributed by atoms with Crippen molar-refractivity contribution in [1.29, 1.82) is 0 Å². The molecular formula is C25H20F2N2O2. The Morgan fingerprint density at radius 3 is 2.13 bits per heavy atom. The number of imide groups is 1. The zero-order chi connectivity index (χ0) is 22.3. The smallest absolute Gasteiger partial charge is 0.282 e. The summed E-state index contributed by atoms with van der Waals surface area (Å²) in [4.78, 5) is 29.4. The van der Waals surface area contributed by atoms with Crippen LogP contribution in [-0.2, 0) is 9.59 Å². The molecule has 0 unspecified atom stereocenters. The van der Waals surface area contributed by atoms with E-state index >= 15 is 0 Å². The normalized spacial score (nSPS) is 13.9. The Bertz CT molecular complexity index is 1240. The second-order valence-electron chi connectivity index (χ2n) is 7.46. The minimum atomic E-state index is -1.13.